The summed E-state index contributed by atoms with van der Waals surface area (Å²) in [5.41, 5.74) is 3.53. The molecule has 0 radical (unpaired) electrons. The van der Waals surface area contributed by atoms with Gasteiger partial charge in [0.15, 0.2) is 5.75 Å². The molecule has 5 heteroatoms. The topological polar surface area (TPSA) is 36.9 Å². The van der Waals surface area contributed by atoms with E-state index in [1.54, 1.807) is 6.26 Å². The fraction of sp³-hybridized carbons (Fsp3) is 0.636. The molecule has 0 saturated heterocycles. The van der Waals surface area contributed by atoms with E-state index in [1.807, 2.05) is 0 Å². The van der Waals surface area contributed by atoms with Gasteiger partial charge in [-0.1, -0.05) is 31.4 Å². The van der Waals surface area contributed by atoms with Crippen LogP contribution in [0.3, 0.4) is 0 Å². The van der Waals surface area contributed by atoms with Gasteiger partial charge in [-0.2, -0.15) is 0 Å². The van der Waals surface area contributed by atoms with E-state index in [-0.39, 0.29) is 11.5 Å². The molecule has 150 valence electrons. The first-order valence-corrected chi connectivity index (χ1v) is 11.2. The number of hydrogen-bond acceptors (Lipinski definition) is 5. The van der Waals surface area contributed by atoms with Gasteiger partial charge in [-0.3, -0.25) is 0 Å². The molecule has 1 aliphatic carbocycles. The number of aryl methyl sites for hydroxylation is 1. The van der Waals surface area contributed by atoms with Crippen LogP contribution in [0.1, 0.15) is 76.8 Å². The number of hydrogen-bond donors (Lipinski definition) is 0. The Kier molecular flexibility index (Phi) is 6.77. The number of benzene rings is 1. The third kappa shape index (κ3) is 4.64. The van der Waals surface area contributed by atoms with E-state index in [4.69, 9.17) is 19.0 Å². The predicted molar refractivity (Wildman–Crippen MR) is 110 cm³/mol. The van der Waals surface area contributed by atoms with E-state index < -0.39 is 0 Å². The van der Waals surface area contributed by atoms with Crippen molar-refractivity contribution in [2.75, 3.05) is 6.26 Å². The van der Waals surface area contributed by atoms with Crippen molar-refractivity contribution in [2.24, 2.45) is 5.92 Å². The van der Waals surface area contributed by atoms with Crippen molar-refractivity contribution in [3.8, 4) is 11.5 Å². The van der Waals surface area contributed by atoms with E-state index in [0.29, 0.717) is 11.7 Å². The molecule has 1 aliphatic heterocycles. The van der Waals surface area contributed by atoms with Gasteiger partial charge < -0.3 is 9.62 Å². The molecule has 0 aromatic heterocycles. The van der Waals surface area contributed by atoms with E-state index in [2.05, 4.69) is 45.9 Å². The first kappa shape index (κ1) is 20.6. The van der Waals surface area contributed by atoms with Gasteiger partial charge in [-0.15, -0.1) is 4.33 Å². The van der Waals surface area contributed by atoms with Crippen molar-refractivity contribution in [1.29, 1.82) is 0 Å². The maximum absolute atomic E-state index is 6.51. The van der Waals surface area contributed by atoms with E-state index >= 15 is 0 Å². The second kappa shape index (κ2) is 8.89. The molecule has 2 aliphatic rings. The number of rotatable bonds is 8. The first-order valence-electron chi connectivity index (χ1n) is 10.0. The highest BCUT2D eigenvalue weighted by Crippen LogP contribution is 2.53. The first-order chi connectivity index (χ1) is 13.0. The van der Waals surface area contributed by atoms with Crippen LogP contribution in [-0.2, 0) is 15.8 Å². The van der Waals surface area contributed by atoms with Gasteiger partial charge >= 0.3 is 0 Å². The molecule has 0 fully saturated rings. The molecule has 0 spiro atoms. The van der Waals surface area contributed by atoms with Crippen LogP contribution in [0.25, 0.3) is 0 Å². The van der Waals surface area contributed by atoms with Crippen LogP contribution in [0, 0.1) is 5.92 Å². The van der Waals surface area contributed by atoms with Crippen LogP contribution in [-0.4, -0.2) is 11.9 Å². The summed E-state index contributed by atoms with van der Waals surface area (Å²) in [6, 6.07) is 4.29. The summed E-state index contributed by atoms with van der Waals surface area (Å²) in [7, 11) is 0. The molecule has 0 unspecified atom stereocenters. The van der Waals surface area contributed by atoms with E-state index in [9.17, 15) is 0 Å². The highest BCUT2D eigenvalue weighted by molar-refractivity contribution is 7.93. The summed E-state index contributed by atoms with van der Waals surface area (Å²) < 4.78 is 11.4. The van der Waals surface area contributed by atoms with Crippen molar-refractivity contribution in [1.82, 2.24) is 0 Å². The lowest BCUT2D eigenvalue weighted by Crippen LogP contribution is -2.45. The lowest BCUT2D eigenvalue weighted by Gasteiger charge is -2.46. The molecular formula is C22H32O4S. The molecule has 0 amide bonds. The van der Waals surface area contributed by atoms with Crippen molar-refractivity contribution in [3.63, 3.8) is 0 Å². The third-order valence-corrected chi connectivity index (χ3v) is 5.99. The molecule has 1 aromatic rings. The van der Waals surface area contributed by atoms with Gasteiger partial charge in [0, 0.05) is 35.7 Å². The summed E-state index contributed by atoms with van der Waals surface area (Å²) in [5.74, 6) is 2.33. The molecule has 1 heterocycles. The minimum Gasteiger partial charge on any atom is -0.487 e. The second-order valence-corrected chi connectivity index (χ2v) is 8.71. The molecule has 3 rings (SSSR count). The van der Waals surface area contributed by atoms with Crippen LogP contribution in [0.5, 0.6) is 11.5 Å². The van der Waals surface area contributed by atoms with Gasteiger partial charge in [-0.25, -0.2) is 0 Å². The fourth-order valence-corrected chi connectivity index (χ4v) is 4.51. The largest absolute Gasteiger partial charge is 0.487 e. The zero-order valence-corrected chi connectivity index (χ0v) is 18.0. The predicted octanol–water partition coefficient (Wildman–Crippen LogP) is 6.55. The quantitative estimate of drug-likeness (QED) is 0.165. The Morgan fingerprint density at radius 2 is 2.07 bits per heavy atom. The Hall–Kier alpha value is -1.17. The molecular weight excluding hydrogens is 360 g/mol. The summed E-state index contributed by atoms with van der Waals surface area (Å²) >= 11 is 1.11. The van der Waals surface area contributed by atoms with Gasteiger partial charge in [0.05, 0.1) is 0 Å². The average molecular weight is 393 g/mol. The smallest absolute Gasteiger partial charge is 0.176 e. The number of allylic oxidation sites excluding steroid dienone is 2. The maximum atomic E-state index is 6.51. The highest BCUT2D eigenvalue weighted by atomic mass is 32.2. The summed E-state index contributed by atoms with van der Waals surface area (Å²) in [5, 5.41) is 4.96. The second-order valence-electron chi connectivity index (χ2n) is 8.24. The summed E-state index contributed by atoms with van der Waals surface area (Å²) in [6.07, 6.45) is 11.0. The fourth-order valence-electron chi connectivity index (χ4n) is 4.43. The summed E-state index contributed by atoms with van der Waals surface area (Å²) in [4.78, 5) is 5.59. The monoisotopic (exact) mass is 392 g/mol. The summed E-state index contributed by atoms with van der Waals surface area (Å²) in [6.45, 7) is 8.85. The SMILES string of the molecule is CCCCCc1cc(OOOSC)c2c(c1)OC(C)(C)[C@@H]1CCC(C)=C[C@@H]21. The molecule has 1 aromatic carbocycles. The van der Waals surface area contributed by atoms with Crippen LogP contribution in [0.15, 0.2) is 23.8 Å². The van der Waals surface area contributed by atoms with Crippen molar-refractivity contribution >= 4 is 12.0 Å². The lowest BCUT2D eigenvalue weighted by molar-refractivity contribution is -0.404. The Labute approximate surface area is 167 Å². The highest BCUT2D eigenvalue weighted by Gasteiger charge is 2.45. The normalized spacial score (nSPS) is 23.1. The van der Waals surface area contributed by atoms with E-state index in [0.717, 1.165) is 49.0 Å². The third-order valence-electron chi connectivity index (χ3n) is 5.80. The Balaban J connectivity index is 2.00. The molecule has 0 N–H and O–H groups in total. The minimum absolute atomic E-state index is 0.204. The Morgan fingerprint density at radius 1 is 1.26 bits per heavy atom. The lowest BCUT2D eigenvalue weighted by atomic mass is 9.68. The number of fused-ring (bicyclic) bond motifs is 3. The number of unbranched alkanes of at least 4 members (excludes halogenated alkanes) is 2. The van der Waals surface area contributed by atoms with Crippen LogP contribution in [0.2, 0.25) is 0 Å². The molecule has 2 atom stereocenters. The number of ether oxygens (including phenoxy) is 1. The van der Waals surface area contributed by atoms with Crippen molar-refractivity contribution in [3.05, 3.63) is 34.9 Å². The molecule has 0 bridgehead atoms. The van der Waals surface area contributed by atoms with Crippen LogP contribution >= 0.6 is 12.0 Å². The zero-order chi connectivity index (χ0) is 19.4. The maximum Gasteiger partial charge on any atom is 0.176 e. The Morgan fingerprint density at radius 3 is 2.81 bits per heavy atom. The zero-order valence-electron chi connectivity index (χ0n) is 17.2. The van der Waals surface area contributed by atoms with Gasteiger partial charge in [0.2, 0.25) is 0 Å². The van der Waals surface area contributed by atoms with Gasteiger partial charge in [0.25, 0.3) is 0 Å². The van der Waals surface area contributed by atoms with E-state index in [1.165, 1.54) is 24.0 Å². The van der Waals surface area contributed by atoms with Crippen molar-refractivity contribution in [2.45, 2.75) is 77.7 Å². The van der Waals surface area contributed by atoms with Crippen LogP contribution in [0.4, 0.5) is 0 Å². The minimum atomic E-state index is -0.204. The standard InChI is InChI=1S/C22H32O4S/c1-6-7-8-9-16-13-19-21(20(14-16)24-25-26-27-5)17-12-15(2)10-11-18(17)22(3,4)23-19/h12-14,17-18H,6-11H2,1-5H3/t17-,18-/m1/s1. The average Bonchev–Trinajstić information content (AvgIpc) is 2.61. The van der Waals surface area contributed by atoms with Gasteiger partial charge in [-0.05, 0) is 69.2 Å². The molecule has 27 heavy (non-hydrogen) atoms. The molecule has 0 saturated carbocycles. The van der Waals surface area contributed by atoms with Gasteiger partial charge in [0.1, 0.15) is 11.4 Å². The molecule has 4 nitrogen and oxygen atoms in total. The Bertz CT molecular complexity index is 683. The van der Waals surface area contributed by atoms with Crippen LogP contribution < -0.4 is 9.62 Å². The van der Waals surface area contributed by atoms with Crippen molar-refractivity contribution < 1.29 is 19.0 Å².